The van der Waals surface area contributed by atoms with Gasteiger partial charge in [-0.15, -0.1) is 0 Å². The second kappa shape index (κ2) is 10.6. The molecule has 0 spiro atoms. The van der Waals surface area contributed by atoms with Gasteiger partial charge >= 0.3 is 22.8 Å². The number of rotatable bonds is 6. The molecular weight excluding hydrogens is 496 g/mol. The van der Waals surface area contributed by atoms with Crippen LogP contribution >= 0.6 is 0 Å². The Bertz CT molecular complexity index is 997. The molecule has 204 valence electrons. The Labute approximate surface area is 216 Å². The topological polar surface area (TPSA) is 121 Å². The summed E-state index contributed by atoms with van der Waals surface area (Å²) < 4.78 is 28.9. The Morgan fingerprint density at radius 1 is 1.06 bits per heavy atom. The van der Waals surface area contributed by atoms with Gasteiger partial charge in [0.25, 0.3) is 0 Å². The van der Waals surface area contributed by atoms with Crippen molar-refractivity contribution in [3.8, 4) is 0 Å². The maximum atomic E-state index is 12.7. The minimum atomic E-state index is -3.00. The van der Waals surface area contributed by atoms with Crippen LogP contribution in [0.15, 0.2) is 29.0 Å². The molecule has 10 nitrogen and oxygen atoms in total. The fourth-order valence-electron chi connectivity index (χ4n) is 5.28. The quantitative estimate of drug-likeness (QED) is 0.523. The molecule has 36 heavy (non-hydrogen) atoms. The van der Waals surface area contributed by atoms with Crippen LogP contribution in [0, 0.1) is 0 Å². The molecule has 3 rings (SSSR count). The molecule has 2 fully saturated rings. The predicted octanol–water partition coefficient (Wildman–Crippen LogP) is 3.44. The van der Waals surface area contributed by atoms with Crippen LogP contribution in [0.2, 0.25) is 22.2 Å². The minimum Gasteiger partial charge on any atom is -0.520 e. The average Bonchev–Trinajstić information content (AvgIpc) is 3.04. The molecule has 0 aromatic carbocycles. The van der Waals surface area contributed by atoms with E-state index in [2.05, 4.69) is 60.4 Å². The van der Waals surface area contributed by atoms with Crippen molar-refractivity contribution in [2.75, 3.05) is 19.8 Å². The predicted molar refractivity (Wildman–Crippen MR) is 144 cm³/mol. The molecule has 0 bridgehead atoms. The molecule has 4 atom stereocenters. The number of nitrogen functional groups attached to an aromatic ring is 1. The summed E-state index contributed by atoms with van der Waals surface area (Å²) in [6.45, 7) is 17.0. The standard InChI is InChI=1S/C24H44N4O6Si2/c1-14(2)35(15(3)4)32-18(13-27(9)10)21-22(33-36(34-35,16(5)6)17(7)8)20(29)23(31-21)28-12-11-19(25)26-24(28)30/h11-17,20-23,29H,1-10H3,(H2,25,26,30)/t20-,21-,22+,23-/m1/s1. The highest BCUT2D eigenvalue weighted by molar-refractivity contribution is 6.84. The number of nitrogens with two attached hydrogens (primary N) is 1. The van der Waals surface area contributed by atoms with Crippen molar-refractivity contribution in [3.05, 3.63) is 34.7 Å². The maximum absolute atomic E-state index is 12.7. The second-order valence-corrected chi connectivity index (χ2v) is 20.1. The molecule has 1 aromatic rings. The van der Waals surface area contributed by atoms with Crippen molar-refractivity contribution >= 4 is 22.9 Å². The second-order valence-electron chi connectivity index (χ2n) is 11.3. The van der Waals surface area contributed by atoms with Crippen molar-refractivity contribution in [3.63, 3.8) is 0 Å². The third-order valence-corrected chi connectivity index (χ3v) is 17.3. The van der Waals surface area contributed by atoms with Crippen LogP contribution < -0.4 is 11.4 Å². The maximum Gasteiger partial charge on any atom is 0.395 e. The van der Waals surface area contributed by atoms with Gasteiger partial charge in [-0.2, -0.15) is 4.98 Å². The fraction of sp³-hybridized carbons (Fsp3) is 0.750. The smallest absolute Gasteiger partial charge is 0.395 e. The summed E-state index contributed by atoms with van der Waals surface area (Å²) in [5, 5.41) is 11.6. The Hall–Kier alpha value is -1.71. The van der Waals surface area contributed by atoms with E-state index in [1.165, 1.54) is 16.8 Å². The number of ether oxygens (including phenoxy) is 1. The summed E-state index contributed by atoms with van der Waals surface area (Å²) in [5.41, 5.74) is 5.50. The molecule has 2 saturated heterocycles. The lowest BCUT2D eigenvalue weighted by atomic mass is 10.1. The summed E-state index contributed by atoms with van der Waals surface area (Å²) >= 11 is 0. The Morgan fingerprint density at radius 2 is 1.61 bits per heavy atom. The van der Waals surface area contributed by atoms with Gasteiger partial charge in [0.05, 0.1) is 0 Å². The van der Waals surface area contributed by atoms with Crippen LogP contribution in [0.4, 0.5) is 5.82 Å². The SMILES string of the molecule is CC(C)[Si]1(C(C)C)OC(=CN(C)C)[C@H]2O[C@@H](n3ccc(N)nc3=O)[C@H](O)[C@@H]2O[Si](C(C)C)(C(C)C)O1. The molecule has 0 radical (unpaired) electrons. The van der Waals surface area contributed by atoms with Crippen LogP contribution in [0.5, 0.6) is 0 Å². The first-order valence-electron chi connectivity index (χ1n) is 12.8. The summed E-state index contributed by atoms with van der Waals surface area (Å²) in [6, 6.07) is 1.51. The zero-order valence-corrected chi connectivity index (χ0v) is 25.3. The molecular formula is C24H44N4O6Si2. The normalized spacial score (nSPS) is 28.9. The van der Waals surface area contributed by atoms with Crippen molar-refractivity contribution in [2.24, 2.45) is 0 Å². The van der Waals surface area contributed by atoms with E-state index in [1.54, 1.807) is 0 Å². The number of anilines is 1. The molecule has 0 amide bonds. The number of fused-ring (bicyclic) bond motifs is 1. The molecule has 0 aliphatic carbocycles. The van der Waals surface area contributed by atoms with Crippen molar-refractivity contribution in [1.29, 1.82) is 0 Å². The molecule has 3 N–H and O–H groups in total. The Kier molecular flexibility index (Phi) is 8.48. The average molecular weight is 541 g/mol. The van der Waals surface area contributed by atoms with Gasteiger partial charge in [0.15, 0.2) is 6.23 Å². The monoisotopic (exact) mass is 540 g/mol. The number of hydrogen-bond acceptors (Lipinski definition) is 9. The number of aliphatic hydroxyl groups excluding tert-OH is 1. The van der Waals surface area contributed by atoms with E-state index < -0.39 is 47.4 Å². The zero-order chi connectivity index (χ0) is 27.2. The van der Waals surface area contributed by atoms with E-state index in [0.29, 0.717) is 5.76 Å². The molecule has 1 aromatic heterocycles. The Morgan fingerprint density at radius 3 is 2.08 bits per heavy atom. The van der Waals surface area contributed by atoms with Gasteiger partial charge in [0.2, 0.25) is 0 Å². The number of nitrogens with zero attached hydrogens (tertiary/aromatic N) is 3. The highest BCUT2D eigenvalue weighted by Crippen LogP contribution is 2.50. The van der Waals surface area contributed by atoms with Crippen molar-refractivity contribution in [1.82, 2.24) is 14.5 Å². The number of hydrogen-bond donors (Lipinski definition) is 2. The van der Waals surface area contributed by atoms with E-state index >= 15 is 0 Å². The lowest BCUT2D eigenvalue weighted by Gasteiger charge is -2.51. The van der Waals surface area contributed by atoms with Gasteiger partial charge < -0.3 is 33.4 Å². The summed E-state index contributed by atoms with van der Waals surface area (Å²) in [6.07, 6.45) is -0.375. The first-order valence-corrected chi connectivity index (χ1v) is 16.7. The number of aliphatic hydroxyl groups is 1. The van der Waals surface area contributed by atoms with Crippen LogP contribution in [0.1, 0.15) is 61.6 Å². The van der Waals surface area contributed by atoms with E-state index in [0.717, 1.165) is 0 Å². The highest BCUT2D eigenvalue weighted by atomic mass is 28.5. The first-order chi connectivity index (χ1) is 16.7. The van der Waals surface area contributed by atoms with E-state index in [4.69, 9.17) is 23.4 Å². The van der Waals surface area contributed by atoms with Crippen LogP contribution in [-0.2, 0) is 17.7 Å². The molecule has 2 aliphatic heterocycles. The van der Waals surface area contributed by atoms with Crippen molar-refractivity contribution < 1.29 is 22.8 Å². The van der Waals surface area contributed by atoms with E-state index in [-0.39, 0.29) is 28.0 Å². The minimum absolute atomic E-state index is 0.0812. The largest absolute Gasteiger partial charge is 0.520 e. The molecule has 0 unspecified atom stereocenters. The van der Waals surface area contributed by atoms with Gasteiger partial charge in [-0.3, -0.25) is 4.57 Å². The van der Waals surface area contributed by atoms with Crippen molar-refractivity contribution in [2.45, 2.75) is 102 Å². The fourth-order valence-corrected chi connectivity index (χ4v) is 16.3. The van der Waals surface area contributed by atoms with E-state index in [1.807, 2.05) is 25.2 Å². The Balaban J connectivity index is 2.24. The van der Waals surface area contributed by atoms with E-state index in [9.17, 15) is 9.90 Å². The summed E-state index contributed by atoms with van der Waals surface area (Å²) in [4.78, 5) is 18.4. The highest BCUT2D eigenvalue weighted by Gasteiger charge is 2.63. The third kappa shape index (κ3) is 5.03. The zero-order valence-electron chi connectivity index (χ0n) is 23.3. The lowest BCUT2D eigenvalue weighted by molar-refractivity contribution is -0.0403. The van der Waals surface area contributed by atoms with Gasteiger partial charge in [0, 0.05) is 37.6 Å². The molecule has 2 aliphatic rings. The third-order valence-electron chi connectivity index (χ3n) is 7.14. The number of aromatic nitrogens is 2. The van der Waals surface area contributed by atoms with Gasteiger partial charge in [-0.1, -0.05) is 55.4 Å². The van der Waals surface area contributed by atoms with Gasteiger partial charge in [-0.25, -0.2) is 4.79 Å². The van der Waals surface area contributed by atoms with Gasteiger partial charge in [-0.05, 0) is 17.1 Å². The summed E-state index contributed by atoms with van der Waals surface area (Å²) in [5.74, 6) is 0.638. The molecule has 0 saturated carbocycles. The summed E-state index contributed by atoms with van der Waals surface area (Å²) in [7, 11) is -2.13. The molecule has 12 heteroatoms. The van der Waals surface area contributed by atoms with Crippen LogP contribution in [-0.4, -0.2) is 69.1 Å². The molecule has 3 heterocycles. The van der Waals surface area contributed by atoms with Crippen LogP contribution in [0.3, 0.4) is 0 Å². The first kappa shape index (κ1) is 28.9. The van der Waals surface area contributed by atoms with Crippen LogP contribution in [0.25, 0.3) is 0 Å². The lowest BCUT2D eigenvalue weighted by Crippen LogP contribution is -2.65. The van der Waals surface area contributed by atoms with Gasteiger partial charge in [0.1, 0.15) is 29.9 Å².